The van der Waals surface area contributed by atoms with Crippen molar-refractivity contribution in [3.63, 3.8) is 0 Å². The number of anilines is 1. The Bertz CT molecular complexity index is 678. The van der Waals surface area contributed by atoms with Gasteiger partial charge in [0.15, 0.2) is 4.96 Å². The molecule has 1 aromatic carbocycles. The lowest BCUT2D eigenvalue weighted by Crippen LogP contribution is -1.99. The van der Waals surface area contributed by atoms with Crippen LogP contribution in [0.2, 0.25) is 0 Å². The molecule has 98 valence electrons. The highest BCUT2D eigenvalue weighted by Crippen LogP contribution is 2.27. The molecule has 0 fully saturated rings. The Balaban J connectivity index is 1.71. The van der Waals surface area contributed by atoms with Crippen LogP contribution in [0.4, 0.5) is 5.69 Å². The van der Waals surface area contributed by atoms with Gasteiger partial charge in [0.2, 0.25) is 0 Å². The number of benzene rings is 1. The molecule has 2 heterocycles. The number of aromatic nitrogens is 2. The van der Waals surface area contributed by atoms with Gasteiger partial charge in [-0.05, 0) is 34.1 Å². The minimum absolute atomic E-state index is 0.702. The maximum atomic E-state index is 5.20. The summed E-state index contributed by atoms with van der Waals surface area (Å²) >= 11 is 5.11. The van der Waals surface area contributed by atoms with Crippen LogP contribution in [-0.4, -0.2) is 16.5 Å². The molecule has 19 heavy (non-hydrogen) atoms. The first kappa shape index (κ1) is 12.5. The van der Waals surface area contributed by atoms with Gasteiger partial charge in [0.25, 0.3) is 0 Å². The van der Waals surface area contributed by atoms with Gasteiger partial charge in [-0.1, -0.05) is 0 Å². The number of nitrogens with zero attached hydrogens (tertiary/aromatic N) is 2. The third kappa shape index (κ3) is 2.59. The lowest BCUT2D eigenvalue weighted by Gasteiger charge is -2.07. The summed E-state index contributed by atoms with van der Waals surface area (Å²) < 4.78 is 8.17. The summed E-state index contributed by atoms with van der Waals surface area (Å²) in [5, 5.41) is 5.37. The van der Waals surface area contributed by atoms with Crippen molar-refractivity contribution in [3.05, 3.63) is 46.1 Å². The summed E-state index contributed by atoms with van der Waals surface area (Å²) in [6.07, 6.45) is 4.05. The molecule has 0 radical (unpaired) electrons. The Morgan fingerprint density at radius 3 is 3.11 bits per heavy atom. The Labute approximate surface area is 123 Å². The summed E-state index contributed by atoms with van der Waals surface area (Å²) in [5.74, 6) is 0.827. The van der Waals surface area contributed by atoms with Crippen molar-refractivity contribution in [2.45, 2.75) is 6.54 Å². The molecule has 0 amide bonds. The van der Waals surface area contributed by atoms with Crippen LogP contribution in [0.25, 0.3) is 4.96 Å². The Hall–Kier alpha value is -1.53. The Kier molecular flexibility index (Phi) is 3.44. The molecule has 0 aliphatic carbocycles. The number of hydrogen-bond donors (Lipinski definition) is 1. The summed E-state index contributed by atoms with van der Waals surface area (Å²) in [7, 11) is 1.66. The van der Waals surface area contributed by atoms with Gasteiger partial charge in [-0.3, -0.25) is 4.40 Å². The maximum Gasteiger partial charge on any atom is 0.193 e. The highest BCUT2D eigenvalue weighted by Gasteiger charge is 2.04. The lowest BCUT2D eigenvalue weighted by atomic mass is 10.3. The predicted molar refractivity (Wildman–Crippen MR) is 81.1 cm³/mol. The molecule has 0 saturated carbocycles. The molecule has 1 N–H and O–H groups in total. The van der Waals surface area contributed by atoms with Crippen molar-refractivity contribution in [1.82, 2.24) is 9.38 Å². The zero-order valence-corrected chi connectivity index (χ0v) is 12.7. The second-order valence-corrected chi connectivity index (χ2v) is 5.76. The molecule has 0 bridgehead atoms. The first-order chi connectivity index (χ1) is 9.26. The standard InChI is InChI=1S/C13H12BrN3OS/c1-18-12-3-2-9(6-11(12)14)15-7-10-8-17-4-5-19-13(17)16-10/h2-6,8,15H,7H2,1H3. The Morgan fingerprint density at radius 1 is 1.47 bits per heavy atom. The molecule has 0 saturated heterocycles. The molecule has 4 nitrogen and oxygen atoms in total. The number of rotatable bonds is 4. The van der Waals surface area contributed by atoms with Gasteiger partial charge in [-0.25, -0.2) is 4.98 Å². The van der Waals surface area contributed by atoms with E-state index >= 15 is 0 Å². The first-order valence-electron chi connectivity index (χ1n) is 5.75. The average Bonchev–Trinajstić information content (AvgIpc) is 2.97. The summed E-state index contributed by atoms with van der Waals surface area (Å²) in [6.45, 7) is 0.702. The lowest BCUT2D eigenvalue weighted by molar-refractivity contribution is 0.412. The number of halogens is 1. The minimum atomic E-state index is 0.702. The van der Waals surface area contributed by atoms with Crippen molar-refractivity contribution in [3.8, 4) is 5.75 Å². The molecular formula is C13H12BrN3OS. The molecule has 0 atom stereocenters. The second-order valence-electron chi connectivity index (χ2n) is 4.03. The molecule has 2 aromatic heterocycles. The molecule has 0 spiro atoms. The summed E-state index contributed by atoms with van der Waals surface area (Å²) in [5.41, 5.74) is 2.06. The number of fused-ring (bicyclic) bond motifs is 1. The van der Waals surface area contributed by atoms with E-state index in [-0.39, 0.29) is 0 Å². The van der Waals surface area contributed by atoms with E-state index in [1.165, 1.54) is 0 Å². The highest BCUT2D eigenvalue weighted by molar-refractivity contribution is 9.10. The van der Waals surface area contributed by atoms with Crippen LogP contribution in [0.3, 0.4) is 0 Å². The van der Waals surface area contributed by atoms with E-state index in [1.54, 1.807) is 18.4 Å². The number of imidazole rings is 1. The van der Waals surface area contributed by atoms with Crippen LogP contribution in [0.5, 0.6) is 5.75 Å². The first-order valence-corrected chi connectivity index (χ1v) is 7.42. The van der Waals surface area contributed by atoms with Crippen LogP contribution in [0.15, 0.2) is 40.4 Å². The zero-order valence-electron chi connectivity index (χ0n) is 10.3. The summed E-state index contributed by atoms with van der Waals surface area (Å²) in [6, 6.07) is 5.91. The van der Waals surface area contributed by atoms with Gasteiger partial charge >= 0.3 is 0 Å². The van der Waals surface area contributed by atoms with Gasteiger partial charge < -0.3 is 10.1 Å². The third-order valence-corrected chi connectivity index (χ3v) is 4.16. The van der Waals surface area contributed by atoms with Crippen molar-refractivity contribution in [1.29, 1.82) is 0 Å². The Morgan fingerprint density at radius 2 is 2.37 bits per heavy atom. The van der Waals surface area contributed by atoms with Gasteiger partial charge in [-0.2, -0.15) is 0 Å². The highest BCUT2D eigenvalue weighted by atomic mass is 79.9. The van der Waals surface area contributed by atoms with Gasteiger partial charge in [-0.15, -0.1) is 11.3 Å². The van der Waals surface area contributed by atoms with Crippen molar-refractivity contribution >= 4 is 37.9 Å². The fourth-order valence-corrected chi connectivity index (χ4v) is 3.09. The molecule has 6 heteroatoms. The SMILES string of the molecule is COc1ccc(NCc2cn3ccsc3n2)cc1Br. The minimum Gasteiger partial charge on any atom is -0.496 e. The monoisotopic (exact) mass is 337 g/mol. The average molecular weight is 338 g/mol. The van der Waals surface area contributed by atoms with Crippen molar-refractivity contribution in [2.24, 2.45) is 0 Å². The van der Waals surface area contributed by atoms with Gasteiger partial charge in [0.05, 0.1) is 23.8 Å². The van der Waals surface area contributed by atoms with Crippen LogP contribution < -0.4 is 10.1 Å². The van der Waals surface area contributed by atoms with E-state index in [0.717, 1.165) is 26.6 Å². The fourth-order valence-electron chi connectivity index (χ4n) is 1.83. The molecule has 0 aliphatic heterocycles. The van der Waals surface area contributed by atoms with E-state index in [1.807, 2.05) is 40.4 Å². The number of thiazole rings is 1. The van der Waals surface area contributed by atoms with E-state index in [0.29, 0.717) is 6.54 Å². The molecule has 3 aromatic rings. The molecule has 0 unspecified atom stereocenters. The second kappa shape index (κ2) is 5.22. The van der Waals surface area contributed by atoms with Crippen molar-refractivity contribution in [2.75, 3.05) is 12.4 Å². The van der Waals surface area contributed by atoms with Gasteiger partial charge in [0, 0.05) is 23.5 Å². The molecule has 0 aliphatic rings. The molecular weight excluding hydrogens is 326 g/mol. The maximum absolute atomic E-state index is 5.20. The topological polar surface area (TPSA) is 38.6 Å². The van der Waals surface area contributed by atoms with E-state index < -0.39 is 0 Å². The summed E-state index contributed by atoms with van der Waals surface area (Å²) in [4.78, 5) is 5.55. The quantitative estimate of drug-likeness (QED) is 0.787. The van der Waals surface area contributed by atoms with Gasteiger partial charge in [0.1, 0.15) is 5.75 Å². The van der Waals surface area contributed by atoms with Crippen molar-refractivity contribution < 1.29 is 4.74 Å². The third-order valence-electron chi connectivity index (χ3n) is 2.77. The smallest absolute Gasteiger partial charge is 0.193 e. The normalized spacial score (nSPS) is 10.8. The zero-order chi connectivity index (χ0) is 13.2. The number of hydrogen-bond acceptors (Lipinski definition) is 4. The largest absolute Gasteiger partial charge is 0.496 e. The fraction of sp³-hybridized carbons (Fsp3) is 0.154. The van der Waals surface area contributed by atoms with E-state index in [9.17, 15) is 0 Å². The molecule has 3 rings (SSSR count). The predicted octanol–water partition coefficient (Wildman–Crippen LogP) is 3.78. The van der Waals surface area contributed by atoms with E-state index in [4.69, 9.17) is 4.74 Å². The van der Waals surface area contributed by atoms with E-state index in [2.05, 4.69) is 26.2 Å². The number of ether oxygens (including phenoxy) is 1. The van der Waals surface area contributed by atoms with Crippen LogP contribution in [0, 0.1) is 0 Å². The van der Waals surface area contributed by atoms with Crippen LogP contribution in [-0.2, 0) is 6.54 Å². The van der Waals surface area contributed by atoms with Crippen LogP contribution in [0.1, 0.15) is 5.69 Å². The van der Waals surface area contributed by atoms with Crippen LogP contribution >= 0.6 is 27.3 Å². The number of nitrogens with one attached hydrogen (secondary N) is 1. The number of methoxy groups -OCH3 is 1.